The summed E-state index contributed by atoms with van der Waals surface area (Å²) in [6.07, 6.45) is 1.30. The van der Waals surface area contributed by atoms with Crippen LogP contribution in [-0.4, -0.2) is 32.7 Å². The number of carbonyl (C=O) groups excluding carboxylic acids is 1. The number of hydrogen-bond acceptors (Lipinski definition) is 7. The Balaban J connectivity index is 1.87. The normalized spacial score (nSPS) is 10.6. The number of rotatable bonds is 4. The Morgan fingerprint density at radius 3 is 3.00 bits per heavy atom. The lowest BCUT2D eigenvalue weighted by Gasteiger charge is -2.07. The fraction of sp³-hybridized carbons (Fsp3) is 0.188. The van der Waals surface area contributed by atoms with Crippen LogP contribution in [0.2, 0.25) is 0 Å². The molecule has 0 bridgehead atoms. The zero-order valence-corrected chi connectivity index (χ0v) is 14.3. The third-order valence-corrected chi connectivity index (χ3v) is 4.51. The number of nitriles is 1. The summed E-state index contributed by atoms with van der Waals surface area (Å²) < 4.78 is 5.82. The topological polar surface area (TPSA) is 113 Å². The van der Waals surface area contributed by atoms with Crippen molar-refractivity contribution in [3.05, 3.63) is 57.1 Å². The van der Waals surface area contributed by atoms with Gasteiger partial charge in [0, 0.05) is 5.75 Å². The Hall–Kier alpha value is -3.12. The van der Waals surface area contributed by atoms with Crippen LogP contribution in [0.4, 0.5) is 0 Å². The molecular weight excluding hydrogens is 342 g/mol. The maximum Gasteiger partial charge on any atom is 0.350 e. The number of hydrogen-bond donors (Lipinski definition) is 1. The highest BCUT2D eigenvalue weighted by Gasteiger charge is 2.12. The zero-order valence-electron chi connectivity index (χ0n) is 13.4. The van der Waals surface area contributed by atoms with E-state index in [2.05, 4.69) is 15.1 Å². The number of fused-ring (bicyclic) bond motifs is 1. The molecule has 0 unspecified atom stereocenters. The van der Waals surface area contributed by atoms with Gasteiger partial charge < -0.3 is 4.74 Å². The van der Waals surface area contributed by atoms with E-state index in [9.17, 15) is 9.59 Å². The molecule has 0 radical (unpaired) electrons. The predicted molar refractivity (Wildman–Crippen MR) is 90.4 cm³/mol. The van der Waals surface area contributed by atoms with Gasteiger partial charge in [-0.1, -0.05) is 23.9 Å². The van der Waals surface area contributed by atoms with Crippen LogP contribution in [0.1, 0.15) is 27.0 Å². The van der Waals surface area contributed by atoms with Gasteiger partial charge in [-0.15, -0.1) is 0 Å². The second-order valence-electron chi connectivity index (χ2n) is 5.18. The molecule has 126 valence electrons. The van der Waals surface area contributed by atoms with Crippen LogP contribution in [0.5, 0.6) is 0 Å². The summed E-state index contributed by atoms with van der Waals surface area (Å²) in [7, 11) is 1.34. The smallest absolute Gasteiger partial charge is 0.350 e. The molecule has 0 saturated heterocycles. The van der Waals surface area contributed by atoms with E-state index in [4.69, 9.17) is 10.00 Å². The quantitative estimate of drug-likeness (QED) is 0.559. The molecule has 0 atom stereocenters. The molecule has 1 aromatic carbocycles. The molecule has 8 nitrogen and oxygen atoms in total. The third-order valence-electron chi connectivity index (χ3n) is 3.56. The molecule has 0 saturated carbocycles. The number of benzene rings is 1. The van der Waals surface area contributed by atoms with Crippen LogP contribution < -0.4 is 5.69 Å². The van der Waals surface area contributed by atoms with Crippen molar-refractivity contribution in [2.24, 2.45) is 0 Å². The minimum Gasteiger partial charge on any atom is -0.465 e. The number of methoxy groups -OCH3 is 1. The molecule has 0 aliphatic heterocycles. The summed E-state index contributed by atoms with van der Waals surface area (Å²) in [4.78, 5) is 30.6. The van der Waals surface area contributed by atoms with Crippen LogP contribution in [-0.2, 0) is 10.5 Å². The van der Waals surface area contributed by atoms with Gasteiger partial charge in [0.05, 0.1) is 18.9 Å². The van der Waals surface area contributed by atoms with Crippen molar-refractivity contribution in [1.82, 2.24) is 19.6 Å². The first-order valence-electron chi connectivity index (χ1n) is 7.22. The Morgan fingerprint density at radius 1 is 1.48 bits per heavy atom. The SMILES string of the molecule is COC(=O)c1cc(CSc2nc3c(C#N)cnn3c(=O)[nH]2)ccc1C. The van der Waals surface area contributed by atoms with E-state index >= 15 is 0 Å². The van der Waals surface area contributed by atoms with Gasteiger partial charge in [-0.2, -0.15) is 14.9 Å². The Morgan fingerprint density at radius 2 is 2.28 bits per heavy atom. The van der Waals surface area contributed by atoms with Gasteiger partial charge in [-0.05, 0) is 24.1 Å². The molecule has 0 aliphatic rings. The zero-order chi connectivity index (χ0) is 18.0. The second-order valence-corrected chi connectivity index (χ2v) is 6.15. The Bertz CT molecular complexity index is 1060. The second kappa shape index (κ2) is 6.78. The van der Waals surface area contributed by atoms with E-state index in [0.717, 1.165) is 15.6 Å². The average molecular weight is 355 g/mol. The predicted octanol–water partition coefficient (Wildman–Crippen LogP) is 1.68. The summed E-state index contributed by atoms with van der Waals surface area (Å²) in [5.74, 6) is 0.0922. The highest BCUT2D eigenvalue weighted by Crippen LogP contribution is 2.21. The summed E-state index contributed by atoms with van der Waals surface area (Å²) in [5.41, 5.74) is 2.19. The van der Waals surface area contributed by atoms with Gasteiger partial charge in [0.2, 0.25) is 0 Å². The standard InChI is InChI=1S/C16H13N5O3S/c1-9-3-4-10(5-12(9)14(22)24-2)8-25-15-19-13-11(6-17)7-18-21(13)16(23)20-15/h3-5,7H,8H2,1-2H3,(H,19,20,23). The van der Waals surface area contributed by atoms with Crippen molar-refractivity contribution in [3.8, 4) is 6.07 Å². The number of nitrogens with zero attached hydrogens (tertiary/aromatic N) is 4. The Labute approximate surface area is 146 Å². The van der Waals surface area contributed by atoms with E-state index in [1.165, 1.54) is 25.1 Å². The highest BCUT2D eigenvalue weighted by atomic mass is 32.2. The first-order valence-corrected chi connectivity index (χ1v) is 8.21. The van der Waals surface area contributed by atoms with Crippen LogP contribution >= 0.6 is 11.8 Å². The van der Waals surface area contributed by atoms with E-state index in [1.807, 2.05) is 25.1 Å². The van der Waals surface area contributed by atoms with E-state index in [-0.39, 0.29) is 11.2 Å². The van der Waals surface area contributed by atoms with E-state index in [1.54, 1.807) is 6.07 Å². The molecule has 0 aliphatic carbocycles. The molecule has 0 amide bonds. The molecule has 2 heterocycles. The summed E-state index contributed by atoms with van der Waals surface area (Å²) in [6.45, 7) is 1.83. The van der Waals surface area contributed by atoms with Crippen LogP contribution in [0.3, 0.4) is 0 Å². The van der Waals surface area contributed by atoms with Crippen molar-refractivity contribution in [2.75, 3.05) is 7.11 Å². The lowest BCUT2D eigenvalue weighted by molar-refractivity contribution is 0.0600. The van der Waals surface area contributed by atoms with Crippen LogP contribution in [0.15, 0.2) is 34.3 Å². The fourth-order valence-corrected chi connectivity index (χ4v) is 3.05. The van der Waals surface area contributed by atoms with E-state index in [0.29, 0.717) is 16.5 Å². The first-order chi connectivity index (χ1) is 12.0. The van der Waals surface area contributed by atoms with E-state index < -0.39 is 11.7 Å². The number of nitrogens with one attached hydrogen (secondary N) is 1. The van der Waals surface area contributed by atoms with Gasteiger partial charge in [-0.3, -0.25) is 4.98 Å². The molecule has 1 N–H and O–H groups in total. The number of aromatic nitrogens is 4. The summed E-state index contributed by atoms with van der Waals surface area (Å²) in [6, 6.07) is 7.44. The molecule has 3 aromatic rings. The fourth-order valence-electron chi connectivity index (χ4n) is 2.25. The maximum atomic E-state index is 12.0. The Kier molecular flexibility index (Phi) is 4.54. The van der Waals surface area contributed by atoms with Gasteiger partial charge in [0.25, 0.3) is 0 Å². The number of carbonyl (C=O) groups is 1. The molecule has 0 spiro atoms. The van der Waals surface area contributed by atoms with Gasteiger partial charge in [0.15, 0.2) is 10.8 Å². The number of aryl methyl sites for hydroxylation is 1. The number of H-pyrrole nitrogens is 1. The molecular formula is C16H13N5O3S. The monoisotopic (exact) mass is 355 g/mol. The average Bonchev–Trinajstić information content (AvgIpc) is 3.04. The molecule has 0 fully saturated rings. The van der Waals surface area contributed by atoms with Gasteiger partial charge >= 0.3 is 11.7 Å². The molecule has 25 heavy (non-hydrogen) atoms. The van der Waals surface area contributed by atoms with Gasteiger partial charge in [0.1, 0.15) is 11.6 Å². The minimum atomic E-state index is -0.465. The highest BCUT2D eigenvalue weighted by molar-refractivity contribution is 7.98. The summed E-state index contributed by atoms with van der Waals surface area (Å²) >= 11 is 1.29. The van der Waals surface area contributed by atoms with Crippen molar-refractivity contribution in [1.29, 1.82) is 5.26 Å². The van der Waals surface area contributed by atoms with Crippen LogP contribution in [0, 0.1) is 18.3 Å². The maximum absolute atomic E-state index is 12.0. The molecule has 2 aromatic heterocycles. The van der Waals surface area contributed by atoms with Crippen molar-refractivity contribution in [3.63, 3.8) is 0 Å². The van der Waals surface area contributed by atoms with Crippen LogP contribution in [0.25, 0.3) is 5.65 Å². The third kappa shape index (κ3) is 3.25. The molecule has 3 rings (SSSR count). The summed E-state index contributed by atoms with van der Waals surface area (Å²) in [5, 5.41) is 13.2. The number of esters is 1. The minimum absolute atomic E-state index is 0.216. The van der Waals surface area contributed by atoms with Crippen molar-refractivity contribution in [2.45, 2.75) is 17.8 Å². The molecule has 9 heteroatoms. The first kappa shape index (κ1) is 16.7. The van der Waals surface area contributed by atoms with Gasteiger partial charge in [-0.25, -0.2) is 14.6 Å². The number of ether oxygens (including phenoxy) is 1. The number of thioether (sulfide) groups is 1. The lowest BCUT2D eigenvalue weighted by Crippen LogP contribution is -2.19. The van der Waals surface area contributed by atoms with Crippen molar-refractivity contribution >= 4 is 23.4 Å². The largest absolute Gasteiger partial charge is 0.465 e. The number of aromatic amines is 1. The lowest BCUT2D eigenvalue weighted by atomic mass is 10.1. The van der Waals surface area contributed by atoms with Crippen molar-refractivity contribution < 1.29 is 9.53 Å².